The molecule has 0 spiro atoms. The smallest absolute Gasteiger partial charge is 0.374 e. The molecule has 1 aromatic rings. The topological polar surface area (TPSA) is 51.2 Å². The van der Waals surface area contributed by atoms with Crippen molar-refractivity contribution < 1.29 is 40.2 Å². The van der Waals surface area contributed by atoms with E-state index in [1.54, 1.807) is 20.8 Å². The lowest BCUT2D eigenvalue weighted by molar-refractivity contribution is 0.0583. The molecule has 0 aliphatic heterocycles. The Morgan fingerprint density at radius 3 is 2.00 bits per heavy atom. The Morgan fingerprint density at radius 2 is 1.48 bits per heavy atom. The van der Waals surface area contributed by atoms with E-state index in [-0.39, 0.29) is 6.42 Å². The third kappa shape index (κ3) is 6.91. The molecule has 0 heterocycles. The minimum atomic E-state index is -2.93. The molecule has 2 amide bonds. The highest BCUT2D eigenvalue weighted by Crippen LogP contribution is 2.25. The molecule has 0 aromatic heterocycles. The summed E-state index contributed by atoms with van der Waals surface area (Å²) in [5.74, 6) is -5.46. The van der Waals surface area contributed by atoms with Crippen LogP contribution in [0.3, 0.4) is 0 Å². The van der Waals surface area contributed by atoms with Crippen LogP contribution < -0.4 is 5.12 Å². The van der Waals surface area contributed by atoms with Crippen molar-refractivity contribution in [1.29, 1.82) is 0 Å². The summed E-state index contributed by atoms with van der Waals surface area (Å²) in [6, 6.07) is -0.582. The molecule has 0 atom stereocenters. The van der Waals surface area contributed by atoms with Crippen molar-refractivity contribution in [3.8, 4) is 0 Å². The molecular formula is C17H25F5N2O4Si. The van der Waals surface area contributed by atoms with E-state index in [0.29, 0.717) is 44.4 Å². The van der Waals surface area contributed by atoms with Crippen molar-refractivity contribution >= 4 is 20.5 Å². The normalized spacial score (nSPS) is 11.6. The number of benzene rings is 1. The van der Waals surface area contributed by atoms with Crippen LogP contribution in [0, 0.1) is 17.5 Å². The maximum atomic E-state index is 14.0. The zero-order chi connectivity index (χ0) is 22.0. The van der Waals surface area contributed by atoms with Crippen LogP contribution in [0.5, 0.6) is 0 Å². The molecule has 166 valence electrons. The number of carbonyl (C=O) groups is 1. The van der Waals surface area contributed by atoms with Crippen LogP contribution >= 0.6 is 0 Å². The second kappa shape index (κ2) is 12.1. The second-order valence-electron chi connectivity index (χ2n) is 5.78. The quantitative estimate of drug-likeness (QED) is 0.151. The van der Waals surface area contributed by atoms with E-state index in [1.165, 1.54) is 0 Å². The van der Waals surface area contributed by atoms with Gasteiger partial charge in [-0.3, -0.25) is 0 Å². The molecule has 0 unspecified atom stereocenters. The predicted octanol–water partition coefficient (Wildman–Crippen LogP) is 4.93. The van der Waals surface area contributed by atoms with E-state index in [2.05, 4.69) is 0 Å². The van der Waals surface area contributed by atoms with Crippen molar-refractivity contribution in [2.24, 2.45) is 0 Å². The van der Waals surface area contributed by atoms with Crippen molar-refractivity contribution in [3.63, 3.8) is 0 Å². The average Bonchev–Trinajstić information content (AvgIpc) is 2.69. The van der Waals surface area contributed by atoms with Crippen LogP contribution in [0.4, 0.5) is 32.6 Å². The molecule has 0 N–H and O–H groups in total. The summed E-state index contributed by atoms with van der Waals surface area (Å²) in [6.45, 7) is 5.96. The van der Waals surface area contributed by atoms with Crippen molar-refractivity contribution in [2.45, 2.75) is 39.7 Å². The van der Waals surface area contributed by atoms with Gasteiger partial charge in [-0.1, -0.05) is 8.96 Å². The molecule has 0 radical (unpaired) electrons. The average molecular weight is 444 g/mol. The van der Waals surface area contributed by atoms with Crippen molar-refractivity contribution in [2.75, 3.05) is 31.5 Å². The summed E-state index contributed by atoms with van der Waals surface area (Å²) < 4.78 is 84.5. The van der Waals surface area contributed by atoms with Gasteiger partial charge in [-0.2, -0.15) is 5.12 Å². The summed E-state index contributed by atoms with van der Waals surface area (Å²) in [7, 11) is -2.93. The lowest BCUT2D eigenvalue weighted by Crippen LogP contribution is -2.46. The van der Waals surface area contributed by atoms with Gasteiger partial charge in [0, 0.05) is 25.9 Å². The third-order valence-corrected chi connectivity index (χ3v) is 6.93. The van der Waals surface area contributed by atoms with Crippen LogP contribution in [0.2, 0.25) is 6.04 Å². The summed E-state index contributed by atoms with van der Waals surface area (Å²) in [5.41, 5.74) is -1.23. The van der Waals surface area contributed by atoms with Crippen LogP contribution in [-0.4, -0.2) is 46.3 Å². The zero-order valence-corrected chi connectivity index (χ0v) is 17.5. The molecule has 6 nitrogen and oxygen atoms in total. The molecule has 0 saturated heterocycles. The minimum Gasteiger partial charge on any atom is -0.374 e. The van der Waals surface area contributed by atoms with Gasteiger partial charge in [0.05, 0.1) is 6.54 Å². The summed E-state index contributed by atoms with van der Waals surface area (Å²) in [5, 5.41) is -1.40. The molecular weight excluding hydrogens is 419 g/mol. The molecule has 0 fully saturated rings. The highest BCUT2D eigenvalue weighted by Gasteiger charge is 2.39. The molecule has 0 bridgehead atoms. The van der Waals surface area contributed by atoms with E-state index in [0.717, 1.165) is 0 Å². The maximum Gasteiger partial charge on any atom is 0.500 e. The monoisotopic (exact) mass is 444 g/mol. The number of halogens is 5. The molecule has 0 aliphatic carbocycles. The van der Waals surface area contributed by atoms with E-state index in [9.17, 15) is 26.9 Å². The highest BCUT2D eigenvalue weighted by molar-refractivity contribution is 6.60. The predicted molar refractivity (Wildman–Crippen MR) is 97.8 cm³/mol. The fourth-order valence-electron chi connectivity index (χ4n) is 2.55. The number of hydrogen-bond donors (Lipinski definition) is 0. The Morgan fingerprint density at radius 1 is 0.931 bits per heavy atom. The van der Waals surface area contributed by atoms with Gasteiger partial charge in [0.1, 0.15) is 5.69 Å². The summed E-state index contributed by atoms with van der Waals surface area (Å²) in [4.78, 5) is 11.7. The van der Waals surface area contributed by atoms with Crippen LogP contribution in [0.1, 0.15) is 33.6 Å². The standard InChI is InChI=1S/C17H25F5N2O4Si/c1-4-26-29(27-5-2,28-6-3)12-8-7-11-23(21)17(25)24(22)14-10-9-13(18)15(19)16(14)20/h9-10H,4-8,11-12H2,1-3H3. The van der Waals surface area contributed by atoms with Gasteiger partial charge in [-0.05, 0) is 45.7 Å². The maximum absolute atomic E-state index is 14.0. The van der Waals surface area contributed by atoms with Crippen LogP contribution in [0.15, 0.2) is 12.1 Å². The van der Waals surface area contributed by atoms with Gasteiger partial charge in [0.25, 0.3) is 0 Å². The lowest BCUT2D eigenvalue weighted by Gasteiger charge is -2.28. The number of anilines is 1. The van der Waals surface area contributed by atoms with Gasteiger partial charge in [-0.25, -0.2) is 18.0 Å². The number of carbonyl (C=O) groups excluding carboxylic acids is 1. The Balaban J connectivity index is 2.64. The van der Waals surface area contributed by atoms with Crippen molar-refractivity contribution in [1.82, 2.24) is 5.12 Å². The Labute approximate surface area is 167 Å². The third-order valence-electron chi connectivity index (χ3n) is 3.78. The first-order chi connectivity index (χ1) is 13.7. The fraction of sp³-hybridized carbons (Fsp3) is 0.588. The molecule has 1 aromatic carbocycles. The SMILES string of the molecule is CCO[Si](CCCCN(F)C(=O)N(F)c1ccc(F)c(F)c1F)(OCC)OCC. The second-order valence-corrected chi connectivity index (χ2v) is 8.51. The molecule has 1 rings (SSSR count). The highest BCUT2D eigenvalue weighted by atomic mass is 28.4. The first kappa shape index (κ1) is 25.3. The number of urea groups is 1. The largest absolute Gasteiger partial charge is 0.500 e. The Kier molecular flexibility index (Phi) is 10.5. The zero-order valence-electron chi connectivity index (χ0n) is 16.5. The molecule has 29 heavy (non-hydrogen) atoms. The van der Waals surface area contributed by atoms with Gasteiger partial charge < -0.3 is 13.3 Å². The van der Waals surface area contributed by atoms with E-state index in [4.69, 9.17) is 13.3 Å². The molecule has 0 saturated carbocycles. The van der Waals surface area contributed by atoms with Gasteiger partial charge >= 0.3 is 14.8 Å². The summed E-state index contributed by atoms with van der Waals surface area (Å²) in [6.07, 6.45) is 0.462. The van der Waals surface area contributed by atoms with Gasteiger partial charge in [0.15, 0.2) is 17.5 Å². The summed E-state index contributed by atoms with van der Waals surface area (Å²) >= 11 is 0. The Bertz CT molecular complexity index is 654. The van der Waals surface area contributed by atoms with E-state index < -0.39 is 54.8 Å². The number of unbranched alkanes of at least 4 members (excludes halogenated alkanes) is 1. The first-order valence-corrected chi connectivity index (χ1v) is 11.1. The number of amides is 2. The van der Waals surface area contributed by atoms with E-state index >= 15 is 0 Å². The first-order valence-electron chi connectivity index (χ1n) is 9.21. The number of hydrogen-bond acceptors (Lipinski definition) is 4. The van der Waals surface area contributed by atoms with Crippen molar-refractivity contribution in [3.05, 3.63) is 29.6 Å². The number of nitrogens with zero attached hydrogens (tertiary/aromatic N) is 2. The van der Waals surface area contributed by atoms with Gasteiger partial charge in [-0.15, -0.1) is 5.12 Å². The number of rotatable bonds is 12. The van der Waals surface area contributed by atoms with Gasteiger partial charge in [0.2, 0.25) is 0 Å². The Hall–Kier alpha value is -1.76. The molecule has 0 aliphatic rings. The minimum absolute atomic E-state index is 0.109. The fourth-order valence-corrected chi connectivity index (χ4v) is 5.24. The van der Waals surface area contributed by atoms with Crippen LogP contribution in [0.25, 0.3) is 0 Å². The lowest BCUT2D eigenvalue weighted by atomic mass is 10.3. The van der Waals surface area contributed by atoms with Crippen LogP contribution in [-0.2, 0) is 13.3 Å². The van der Waals surface area contributed by atoms with E-state index in [1.807, 2.05) is 0 Å². The molecule has 12 heteroatoms.